The molecule has 3 aromatic rings. The van der Waals surface area contributed by atoms with Gasteiger partial charge in [-0.05, 0) is 29.7 Å². The van der Waals surface area contributed by atoms with E-state index in [0.29, 0.717) is 18.2 Å². The molecule has 6 nitrogen and oxygen atoms in total. The van der Waals surface area contributed by atoms with Gasteiger partial charge in [0.05, 0.1) is 12.2 Å². The summed E-state index contributed by atoms with van der Waals surface area (Å²) in [6.45, 7) is 4.59. The summed E-state index contributed by atoms with van der Waals surface area (Å²) in [7, 11) is 0. The lowest BCUT2D eigenvalue weighted by atomic mass is 10.0. The zero-order valence-corrected chi connectivity index (χ0v) is 16.0. The molecule has 2 aromatic heterocycles. The van der Waals surface area contributed by atoms with E-state index >= 15 is 0 Å². The van der Waals surface area contributed by atoms with Crippen molar-refractivity contribution in [3.8, 4) is 17.0 Å². The van der Waals surface area contributed by atoms with Crippen LogP contribution < -0.4 is 10.1 Å². The second kappa shape index (κ2) is 7.84. The number of amides is 1. The predicted molar refractivity (Wildman–Crippen MR) is 105 cm³/mol. The molecule has 1 atom stereocenters. The van der Waals surface area contributed by atoms with E-state index in [4.69, 9.17) is 9.26 Å². The summed E-state index contributed by atoms with van der Waals surface area (Å²) < 4.78 is 11.4. The van der Waals surface area contributed by atoms with E-state index in [1.165, 1.54) is 0 Å². The Kier molecular flexibility index (Phi) is 5.10. The number of aromatic nitrogens is 2. The Morgan fingerprint density at radius 1 is 1.25 bits per heavy atom. The van der Waals surface area contributed by atoms with Crippen molar-refractivity contribution in [3.63, 3.8) is 0 Å². The van der Waals surface area contributed by atoms with Gasteiger partial charge < -0.3 is 14.6 Å². The van der Waals surface area contributed by atoms with Gasteiger partial charge >= 0.3 is 0 Å². The largest absolute Gasteiger partial charge is 0.487 e. The molecule has 0 aliphatic carbocycles. The maximum Gasteiger partial charge on any atom is 0.273 e. The second-order valence-electron chi connectivity index (χ2n) is 7.44. The minimum absolute atomic E-state index is 0.120. The maximum absolute atomic E-state index is 12.4. The van der Waals surface area contributed by atoms with Gasteiger partial charge in [0.25, 0.3) is 5.91 Å². The van der Waals surface area contributed by atoms with E-state index in [1.807, 2.05) is 30.3 Å². The number of nitrogens with one attached hydrogen (secondary N) is 1. The van der Waals surface area contributed by atoms with E-state index in [9.17, 15) is 4.79 Å². The molecule has 1 amide bonds. The Morgan fingerprint density at radius 2 is 2.14 bits per heavy atom. The number of benzene rings is 1. The van der Waals surface area contributed by atoms with Crippen molar-refractivity contribution in [2.75, 3.05) is 6.54 Å². The van der Waals surface area contributed by atoms with Crippen LogP contribution in [0.5, 0.6) is 5.75 Å². The minimum atomic E-state index is -0.247. The van der Waals surface area contributed by atoms with Crippen molar-refractivity contribution in [3.05, 3.63) is 65.7 Å². The Labute approximate surface area is 163 Å². The number of rotatable bonds is 6. The molecule has 0 fully saturated rings. The molecule has 1 aliphatic rings. The van der Waals surface area contributed by atoms with Crippen molar-refractivity contribution in [2.45, 2.75) is 32.8 Å². The molecular weight excluding hydrogens is 354 g/mol. The zero-order chi connectivity index (χ0) is 19.5. The Bertz CT molecular complexity index is 966. The third-order valence-corrected chi connectivity index (χ3v) is 4.66. The first-order valence-electron chi connectivity index (χ1n) is 9.54. The van der Waals surface area contributed by atoms with Crippen molar-refractivity contribution >= 4 is 5.91 Å². The van der Waals surface area contributed by atoms with Crippen LogP contribution in [0, 0.1) is 5.92 Å². The van der Waals surface area contributed by atoms with Gasteiger partial charge in [-0.25, -0.2) is 0 Å². The summed E-state index contributed by atoms with van der Waals surface area (Å²) in [6, 6.07) is 13.6. The van der Waals surface area contributed by atoms with Crippen LogP contribution in [0.25, 0.3) is 11.3 Å². The van der Waals surface area contributed by atoms with Crippen LogP contribution in [-0.2, 0) is 12.8 Å². The average Bonchev–Trinajstić information content (AvgIpc) is 3.32. The molecule has 144 valence electrons. The molecule has 0 spiro atoms. The van der Waals surface area contributed by atoms with Gasteiger partial charge in [-0.1, -0.05) is 37.2 Å². The summed E-state index contributed by atoms with van der Waals surface area (Å²) in [5.41, 5.74) is 3.29. The Balaban J connectivity index is 1.39. The van der Waals surface area contributed by atoms with E-state index in [1.54, 1.807) is 12.3 Å². The molecule has 0 radical (unpaired) electrons. The number of fused-ring (bicyclic) bond motifs is 1. The predicted octanol–water partition coefficient (Wildman–Crippen LogP) is 3.67. The van der Waals surface area contributed by atoms with Crippen LogP contribution in [-0.4, -0.2) is 28.7 Å². The van der Waals surface area contributed by atoms with Crippen LogP contribution in [0.15, 0.2) is 53.2 Å². The van der Waals surface area contributed by atoms with Gasteiger partial charge in [0.15, 0.2) is 5.69 Å². The second-order valence-corrected chi connectivity index (χ2v) is 7.44. The fourth-order valence-electron chi connectivity index (χ4n) is 3.39. The van der Waals surface area contributed by atoms with Gasteiger partial charge in [-0.15, -0.1) is 0 Å². The van der Waals surface area contributed by atoms with Crippen LogP contribution in [0.3, 0.4) is 0 Å². The number of ether oxygens (including phenoxy) is 1. The Morgan fingerprint density at radius 3 is 2.93 bits per heavy atom. The average molecular weight is 377 g/mol. The summed E-state index contributed by atoms with van der Waals surface area (Å²) in [4.78, 5) is 16.8. The van der Waals surface area contributed by atoms with E-state index in [-0.39, 0.29) is 12.0 Å². The minimum Gasteiger partial charge on any atom is -0.487 e. The highest BCUT2D eigenvalue weighted by molar-refractivity contribution is 5.92. The Hall–Kier alpha value is -3.15. The lowest BCUT2D eigenvalue weighted by Crippen LogP contribution is -2.34. The number of nitrogens with zero attached hydrogens (tertiary/aromatic N) is 2. The molecule has 3 heterocycles. The van der Waals surface area contributed by atoms with Crippen molar-refractivity contribution in [1.29, 1.82) is 0 Å². The molecular formula is C22H23N3O3. The van der Waals surface area contributed by atoms with Crippen molar-refractivity contribution < 1.29 is 14.1 Å². The number of hydrogen-bond acceptors (Lipinski definition) is 5. The zero-order valence-electron chi connectivity index (χ0n) is 16.0. The van der Waals surface area contributed by atoms with Crippen LogP contribution in [0.2, 0.25) is 0 Å². The van der Waals surface area contributed by atoms with Gasteiger partial charge in [-0.2, -0.15) is 0 Å². The molecule has 28 heavy (non-hydrogen) atoms. The number of hydrogen-bond donors (Lipinski definition) is 1. The quantitative estimate of drug-likeness (QED) is 0.709. The molecule has 0 bridgehead atoms. The number of para-hydroxylation sites is 1. The van der Waals surface area contributed by atoms with Gasteiger partial charge in [0, 0.05) is 30.7 Å². The topological polar surface area (TPSA) is 77.2 Å². The molecule has 0 saturated heterocycles. The maximum atomic E-state index is 12.4. The highest BCUT2D eigenvalue weighted by Crippen LogP contribution is 2.37. The summed E-state index contributed by atoms with van der Waals surface area (Å²) in [5, 5.41) is 6.77. The van der Waals surface area contributed by atoms with Gasteiger partial charge in [-0.3, -0.25) is 9.78 Å². The lowest BCUT2D eigenvalue weighted by molar-refractivity contribution is 0.0924. The first-order chi connectivity index (χ1) is 13.6. The summed E-state index contributed by atoms with van der Waals surface area (Å²) >= 11 is 0. The van der Waals surface area contributed by atoms with Crippen molar-refractivity contribution in [2.24, 2.45) is 5.92 Å². The molecule has 1 aliphatic heterocycles. The van der Waals surface area contributed by atoms with Crippen LogP contribution >= 0.6 is 0 Å². The van der Waals surface area contributed by atoms with Crippen LogP contribution in [0.4, 0.5) is 0 Å². The van der Waals surface area contributed by atoms with E-state index < -0.39 is 0 Å². The molecule has 4 rings (SSSR count). The highest BCUT2D eigenvalue weighted by Gasteiger charge is 2.27. The van der Waals surface area contributed by atoms with Gasteiger partial charge in [0.2, 0.25) is 0 Å². The molecule has 6 heteroatoms. The molecule has 1 unspecified atom stereocenters. The number of carbonyl (C=O) groups excluding carboxylic acids is 1. The third-order valence-electron chi connectivity index (χ3n) is 4.66. The smallest absolute Gasteiger partial charge is 0.273 e. The monoisotopic (exact) mass is 377 g/mol. The SMILES string of the molecule is CC(C)Cc1cc(C(=O)NCC2Cc3cccc(-c4ccccn4)c3O2)no1. The summed E-state index contributed by atoms with van der Waals surface area (Å²) in [6.07, 6.45) is 3.16. The molecule has 1 N–H and O–H groups in total. The van der Waals surface area contributed by atoms with Crippen molar-refractivity contribution in [1.82, 2.24) is 15.5 Å². The van der Waals surface area contributed by atoms with Gasteiger partial charge in [0.1, 0.15) is 17.6 Å². The lowest BCUT2D eigenvalue weighted by Gasteiger charge is -2.12. The summed E-state index contributed by atoms with van der Waals surface area (Å²) in [5.74, 6) is 1.77. The number of carbonyl (C=O) groups is 1. The first-order valence-corrected chi connectivity index (χ1v) is 9.54. The number of pyridine rings is 1. The van der Waals surface area contributed by atoms with Crippen LogP contribution in [0.1, 0.15) is 35.7 Å². The third kappa shape index (κ3) is 3.91. The molecule has 0 saturated carbocycles. The fraction of sp³-hybridized carbons (Fsp3) is 0.318. The van der Waals surface area contributed by atoms with E-state index in [0.717, 1.165) is 41.2 Å². The normalized spacial score (nSPS) is 15.3. The first kappa shape index (κ1) is 18.2. The highest BCUT2D eigenvalue weighted by atomic mass is 16.5. The fourth-order valence-corrected chi connectivity index (χ4v) is 3.39. The standard InChI is InChI=1S/C22H23N3O3/c1-14(2)10-16-12-20(25-28-16)22(26)24-13-17-11-15-6-5-7-18(21(15)27-17)19-8-3-4-9-23-19/h3-9,12,14,17H,10-11,13H2,1-2H3,(H,24,26). The van der Waals surface area contributed by atoms with E-state index in [2.05, 4.69) is 35.4 Å². The molecule has 1 aromatic carbocycles.